The Hall–Kier alpha value is -0.170. The first-order valence-corrected chi connectivity index (χ1v) is 8.97. The third-order valence-corrected chi connectivity index (χ3v) is 5.02. The summed E-state index contributed by atoms with van der Waals surface area (Å²) >= 11 is 0. The van der Waals surface area contributed by atoms with Crippen LogP contribution in [0.1, 0.15) is 32.1 Å². The molecule has 1 heterocycles. The van der Waals surface area contributed by atoms with Gasteiger partial charge in [-0.2, -0.15) is 0 Å². The van der Waals surface area contributed by atoms with E-state index < -0.39 is 10.0 Å². The molecule has 0 unspecified atom stereocenters. The van der Waals surface area contributed by atoms with E-state index in [1.54, 1.807) is 0 Å². The first-order valence-electron chi connectivity index (χ1n) is 7.32. The molecule has 5 nitrogen and oxygen atoms in total. The third-order valence-electron chi connectivity index (χ3n) is 3.61. The average Bonchev–Trinajstić information content (AvgIpc) is 2.37. The second-order valence-electron chi connectivity index (χ2n) is 5.71. The first-order chi connectivity index (χ1) is 8.99. The van der Waals surface area contributed by atoms with Crippen LogP contribution >= 0.6 is 0 Å². The van der Waals surface area contributed by atoms with Crippen LogP contribution in [-0.4, -0.2) is 59.3 Å². The van der Waals surface area contributed by atoms with E-state index in [0.29, 0.717) is 12.5 Å². The molecular weight excluding hydrogens is 262 g/mol. The fraction of sp³-hybridized carbons (Fsp3) is 1.00. The number of piperidine rings is 1. The maximum absolute atomic E-state index is 11.8. The molecular formula is C13H29N3O2S. The molecule has 0 amide bonds. The molecule has 0 atom stereocenters. The Morgan fingerprint density at radius 3 is 2.53 bits per heavy atom. The molecule has 1 aliphatic heterocycles. The molecule has 0 aromatic carbocycles. The van der Waals surface area contributed by atoms with Gasteiger partial charge in [0.2, 0.25) is 10.0 Å². The Kier molecular flexibility index (Phi) is 7.90. The van der Waals surface area contributed by atoms with Gasteiger partial charge in [-0.15, -0.1) is 0 Å². The molecule has 0 aliphatic carbocycles. The summed E-state index contributed by atoms with van der Waals surface area (Å²) in [6.45, 7) is 3.64. The van der Waals surface area contributed by atoms with Crippen LogP contribution in [-0.2, 0) is 10.0 Å². The van der Waals surface area contributed by atoms with E-state index in [9.17, 15) is 8.42 Å². The minimum Gasteiger partial charge on any atom is -0.317 e. The lowest BCUT2D eigenvalue weighted by atomic mass is 9.96. The SMILES string of the molecule is CN(C)CCCCNS(=O)(=O)CCC1CCNCC1. The molecule has 19 heavy (non-hydrogen) atoms. The highest BCUT2D eigenvalue weighted by molar-refractivity contribution is 7.89. The van der Waals surface area contributed by atoms with Gasteiger partial charge in [0.05, 0.1) is 5.75 Å². The van der Waals surface area contributed by atoms with E-state index in [1.165, 1.54) is 0 Å². The van der Waals surface area contributed by atoms with Crippen molar-refractivity contribution in [2.24, 2.45) is 5.92 Å². The number of sulfonamides is 1. The lowest BCUT2D eigenvalue weighted by Gasteiger charge is -2.22. The number of hydrogen-bond acceptors (Lipinski definition) is 4. The molecule has 1 rings (SSSR count). The van der Waals surface area contributed by atoms with Crippen molar-refractivity contribution in [1.82, 2.24) is 14.9 Å². The summed E-state index contributed by atoms with van der Waals surface area (Å²) in [7, 11) is 0.996. The van der Waals surface area contributed by atoms with Gasteiger partial charge < -0.3 is 10.2 Å². The van der Waals surface area contributed by atoms with Gasteiger partial charge in [-0.05, 0) is 71.8 Å². The summed E-state index contributed by atoms with van der Waals surface area (Å²) in [5.74, 6) is 0.859. The van der Waals surface area contributed by atoms with Crippen LogP contribution in [0.15, 0.2) is 0 Å². The van der Waals surface area contributed by atoms with Gasteiger partial charge in [0.15, 0.2) is 0 Å². The van der Waals surface area contributed by atoms with Crippen molar-refractivity contribution in [3.05, 3.63) is 0 Å². The van der Waals surface area contributed by atoms with Crippen LogP contribution in [0.3, 0.4) is 0 Å². The Morgan fingerprint density at radius 1 is 1.21 bits per heavy atom. The normalized spacial score (nSPS) is 18.1. The van der Waals surface area contributed by atoms with E-state index in [0.717, 1.165) is 51.7 Å². The fourth-order valence-corrected chi connectivity index (χ4v) is 3.59. The zero-order chi connectivity index (χ0) is 14.1. The van der Waals surface area contributed by atoms with Crippen molar-refractivity contribution in [3.63, 3.8) is 0 Å². The summed E-state index contributed by atoms with van der Waals surface area (Å²) in [5.41, 5.74) is 0. The second-order valence-corrected chi connectivity index (χ2v) is 7.63. The predicted molar refractivity (Wildman–Crippen MR) is 79.8 cm³/mol. The summed E-state index contributed by atoms with van der Waals surface area (Å²) in [5, 5.41) is 3.30. The topological polar surface area (TPSA) is 61.4 Å². The molecule has 114 valence electrons. The number of hydrogen-bond donors (Lipinski definition) is 2. The largest absolute Gasteiger partial charge is 0.317 e. The van der Waals surface area contributed by atoms with Crippen molar-refractivity contribution >= 4 is 10.0 Å². The van der Waals surface area contributed by atoms with E-state index in [-0.39, 0.29) is 5.75 Å². The molecule has 0 radical (unpaired) electrons. The third kappa shape index (κ3) is 8.57. The Labute approximate surface area is 118 Å². The summed E-state index contributed by atoms with van der Waals surface area (Å²) in [6.07, 6.45) is 4.96. The average molecular weight is 291 g/mol. The van der Waals surface area contributed by atoms with Gasteiger partial charge in [0.1, 0.15) is 0 Å². The number of unbranched alkanes of at least 4 members (excludes halogenated alkanes) is 1. The van der Waals surface area contributed by atoms with Crippen LogP contribution < -0.4 is 10.0 Å². The van der Waals surface area contributed by atoms with Crippen LogP contribution in [0.5, 0.6) is 0 Å². The summed E-state index contributed by atoms with van der Waals surface area (Å²) in [4.78, 5) is 2.12. The van der Waals surface area contributed by atoms with Gasteiger partial charge in [-0.25, -0.2) is 13.1 Å². The van der Waals surface area contributed by atoms with Gasteiger partial charge in [0, 0.05) is 6.54 Å². The molecule has 0 aromatic heterocycles. The molecule has 0 saturated carbocycles. The zero-order valence-corrected chi connectivity index (χ0v) is 13.1. The van der Waals surface area contributed by atoms with Gasteiger partial charge in [0.25, 0.3) is 0 Å². The Bertz CT molecular complexity index is 325. The second kappa shape index (κ2) is 8.89. The molecule has 1 aliphatic rings. The van der Waals surface area contributed by atoms with Crippen LogP contribution in [0.2, 0.25) is 0 Å². The zero-order valence-electron chi connectivity index (χ0n) is 12.3. The van der Waals surface area contributed by atoms with Crippen LogP contribution in [0.4, 0.5) is 0 Å². The van der Waals surface area contributed by atoms with Crippen molar-refractivity contribution in [2.75, 3.05) is 46.0 Å². The van der Waals surface area contributed by atoms with Crippen molar-refractivity contribution in [1.29, 1.82) is 0 Å². The molecule has 1 saturated heterocycles. The highest BCUT2D eigenvalue weighted by atomic mass is 32.2. The lowest BCUT2D eigenvalue weighted by molar-refractivity contribution is 0.365. The smallest absolute Gasteiger partial charge is 0.211 e. The minimum absolute atomic E-state index is 0.283. The molecule has 2 N–H and O–H groups in total. The Balaban J connectivity index is 2.09. The van der Waals surface area contributed by atoms with Crippen molar-refractivity contribution in [2.45, 2.75) is 32.1 Å². The first kappa shape index (κ1) is 16.9. The van der Waals surface area contributed by atoms with Gasteiger partial charge >= 0.3 is 0 Å². The highest BCUT2D eigenvalue weighted by Crippen LogP contribution is 2.16. The van der Waals surface area contributed by atoms with E-state index in [1.807, 2.05) is 14.1 Å². The standard InChI is InChI=1S/C13H29N3O2S/c1-16(2)11-4-3-8-15-19(17,18)12-7-13-5-9-14-10-6-13/h13-15H,3-12H2,1-2H3. The summed E-state index contributed by atoms with van der Waals surface area (Å²) < 4.78 is 26.4. The van der Waals surface area contributed by atoms with E-state index in [2.05, 4.69) is 14.9 Å². The minimum atomic E-state index is -3.07. The van der Waals surface area contributed by atoms with Crippen molar-refractivity contribution < 1.29 is 8.42 Å². The molecule has 0 bridgehead atoms. The van der Waals surface area contributed by atoms with Crippen molar-refractivity contribution in [3.8, 4) is 0 Å². The van der Waals surface area contributed by atoms with Crippen LogP contribution in [0, 0.1) is 5.92 Å². The maximum atomic E-state index is 11.8. The highest BCUT2D eigenvalue weighted by Gasteiger charge is 2.17. The molecule has 6 heteroatoms. The quantitative estimate of drug-likeness (QED) is 0.612. The Morgan fingerprint density at radius 2 is 1.89 bits per heavy atom. The molecule has 1 fully saturated rings. The number of nitrogens with one attached hydrogen (secondary N) is 2. The lowest BCUT2D eigenvalue weighted by Crippen LogP contribution is -2.32. The summed E-state index contributed by atoms with van der Waals surface area (Å²) in [6, 6.07) is 0. The predicted octanol–water partition coefficient (Wildman–Crippen LogP) is 0.637. The van der Waals surface area contributed by atoms with Gasteiger partial charge in [-0.3, -0.25) is 0 Å². The van der Waals surface area contributed by atoms with Crippen LogP contribution in [0.25, 0.3) is 0 Å². The number of rotatable bonds is 9. The molecule has 0 aromatic rings. The van der Waals surface area contributed by atoms with E-state index in [4.69, 9.17) is 0 Å². The molecule has 0 spiro atoms. The van der Waals surface area contributed by atoms with E-state index >= 15 is 0 Å². The number of nitrogens with zero attached hydrogens (tertiary/aromatic N) is 1. The monoisotopic (exact) mass is 291 g/mol. The van der Waals surface area contributed by atoms with Gasteiger partial charge in [-0.1, -0.05) is 0 Å². The fourth-order valence-electron chi connectivity index (χ4n) is 2.35. The maximum Gasteiger partial charge on any atom is 0.211 e.